The largest absolute Gasteiger partial charge is 0.493 e. The van der Waals surface area contributed by atoms with Gasteiger partial charge in [0.2, 0.25) is 0 Å². The molecule has 0 radical (unpaired) electrons. The Kier molecular flexibility index (Phi) is 5.68. The van der Waals surface area contributed by atoms with E-state index in [1.807, 2.05) is 0 Å². The molecular formula is C17H15F3O4. The van der Waals surface area contributed by atoms with Gasteiger partial charge in [-0.1, -0.05) is 12.1 Å². The Morgan fingerprint density at radius 3 is 1.96 bits per heavy atom. The maximum absolute atomic E-state index is 12.5. The Morgan fingerprint density at radius 2 is 1.46 bits per heavy atom. The maximum Gasteiger partial charge on any atom is 0.416 e. The quantitative estimate of drug-likeness (QED) is 0.823. The second-order valence-electron chi connectivity index (χ2n) is 4.95. The first-order valence-electron chi connectivity index (χ1n) is 7.08. The molecule has 0 aliphatic rings. The zero-order chi connectivity index (χ0) is 17.6. The molecule has 0 fully saturated rings. The van der Waals surface area contributed by atoms with Gasteiger partial charge in [0.1, 0.15) is 18.1 Å². The number of alkyl halides is 3. The molecule has 0 saturated carbocycles. The fourth-order valence-corrected chi connectivity index (χ4v) is 1.84. The number of hydrogen-bond donors (Lipinski definition) is 1. The van der Waals surface area contributed by atoms with Gasteiger partial charge in [0.15, 0.2) is 0 Å². The lowest BCUT2D eigenvalue weighted by molar-refractivity contribution is -0.138. The minimum atomic E-state index is -4.35. The molecule has 2 aromatic rings. The van der Waals surface area contributed by atoms with E-state index in [0.29, 0.717) is 17.1 Å². The van der Waals surface area contributed by atoms with Gasteiger partial charge in [-0.3, -0.25) is 4.79 Å². The van der Waals surface area contributed by atoms with Crippen LogP contribution < -0.4 is 9.47 Å². The van der Waals surface area contributed by atoms with Crippen LogP contribution in [0.2, 0.25) is 0 Å². The summed E-state index contributed by atoms with van der Waals surface area (Å²) < 4.78 is 48.1. The lowest BCUT2D eigenvalue weighted by atomic mass is 10.1. The van der Waals surface area contributed by atoms with Crippen LogP contribution in [0, 0.1) is 0 Å². The SMILES string of the molecule is O=C(O)CCOc1ccc(OCc2ccc(C(F)(F)F)cc2)cc1. The molecule has 0 aliphatic heterocycles. The summed E-state index contributed by atoms with van der Waals surface area (Å²) in [4.78, 5) is 10.4. The number of halogens is 3. The van der Waals surface area contributed by atoms with Gasteiger partial charge in [-0.05, 0) is 42.0 Å². The van der Waals surface area contributed by atoms with Crippen molar-refractivity contribution in [1.82, 2.24) is 0 Å². The van der Waals surface area contributed by atoms with Crippen LogP contribution in [0.3, 0.4) is 0 Å². The summed E-state index contributed by atoms with van der Waals surface area (Å²) in [5.41, 5.74) is -0.0844. The Morgan fingerprint density at radius 1 is 0.917 bits per heavy atom. The van der Waals surface area contributed by atoms with Crippen molar-refractivity contribution in [2.75, 3.05) is 6.61 Å². The highest BCUT2D eigenvalue weighted by Gasteiger charge is 2.29. The molecule has 2 aromatic carbocycles. The molecule has 24 heavy (non-hydrogen) atoms. The van der Waals surface area contributed by atoms with Crippen LogP contribution in [0.5, 0.6) is 11.5 Å². The van der Waals surface area contributed by atoms with Gasteiger partial charge in [0.05, 0.1) is 18.6 Å². The molecule has 0 spiro atoms. The Labute approximate surface area is 136 Å². The lowest BCUT2D eigenvalue weighted by Crippen LogP contribution is -2.05. The van der Waals surface area contributed by atoms with E-state index in [1.54, 1.807) is 24.3 Å². The summed E-state index contributed by atoms with van der Waals surface area (Å²) in [6, 6.07) is 11.3. The van der Waals surface area contributed by atoms with Crippen molar-refractivity contribution in [2.45, 2.75) is 19.2 Å². The molecule has 7 heteroatoms. The maximum atomic E-state index is 12.5. The van der Waals surface area contributed by atoms with Crippen LogP contribution in [-0.2, 0) is 17.6 Å². The van der Waals surface area contributed by atoms with Crippen molar-refractivity contribution in [3.8, 4) is 11.5 Å². The number of carbonyl (C=O) groups is 1. The van der Waals surface area contributed by atoms with Crippen LogP contribution in [0.15, 0.2) is 48.5 Å². The first-order valence-corrected chi connectivity index (χ1v) is 7.08. The minimum absolute atomic E-state index is 0.0705. The summed E-state index contributed by atoms with van der Waals surface area (Å²) in [6.07, 6.45) is -4.44. The van der Waals surface area contributed by atoms with Crippen molar-refractivity contribution < 1.29 is 32.5 Å². The van der Waals surface area contributed by atoms with E-state index in [1.165, 1.54) is 12.1 Å². The van der Waals surface area contributed by atoms with Crippen molar-refractivity contribution >= 4 is 5.97 Å². The van der Waals surface area contributed by atoms with Crippen LogP contribution in [0.25, 0.3) is 0 Å². The minimum Gasteiger partial charge on any atom is -0.493 e. The standard InChI is InChI=1S/C17H15F3O4/c18-17(19,20)13-3-1-12(2-4-13)11-24-15-7-5-14(6-8-15)23-10-9-16(21)22/h1-8H,9-11H2,(H,21,22). The van der Waals surface area contributed by atoms with Gasteiger partial charge >= 0.3 is 12.1 Å². The van der Waals surface area contributed by atoms with Gasteiger partial charge in [-0.15, -0.1) is 0 Å². The average molecular weight is 340 g/mol. The second-order valence-corrected chi connectivity index (χ2v) is 4.95. The average Bonchev–Trinajstić information content (AvgIpc) is 2.53. The molecule has 0 heterocycles. The molecule has 0 bridgehead atoms. The molecule has 4 nitrogen and oxygen atoms in total. The third-order valence-electron chi connectivity index (χ3n) is 3.10. The topological polar surface area (TPSA) is 55.8 Å². The zero-order valence-corrected chi connectivity index (χ0v) is 12.5. The molecule has 0 aromatic heterocycles. The van der Waals surface area contributed by atoms with Crippen LogP contribution in [0.1, 0.15) is 17.5 Å². The Balaban J connectivity index is 1.84. The lowest BCUT2D eigenvalue weighted by Gasteiger charge is -2.10. The number of ether oxygens (including phenoxy) is 2. The highest BCUT2D eigenvalue weighted by Crippen LogP contribution is 2.29. The van der Waals surface area contributed by atoms with E-state index < -0.39 is 17.7 Å². The predicted octanol–water partition coefficient (Wildman–Crippen LogP) is 4.14. The van der Waals surface area contributed by atoms with Crippen molar-refractivity contribution in [3.05, 3.63) is 59.7 Å². The van der Waals surface area contributed by atoms with Crippen LogP contribution in [-0.4, -0.2) is 17.7 Å². The number of rotatable bonds is 7. The highest BCUT2D eigenvalue weighted by atomic mass is 19.4. The molecule has 0 amide bonds. The van der Waals surface area contributed by atoms with Gasteiger partial charge in [0.25, 0.3) is 0 Å². The van der Waals surface area contributed by atoms with Gasteiger partial charge in [-0.25, -0.2) is 0 Å². The summed E-state index contributed by atoms with van der Waals surface area (Å²) in [6.45, 7) is 0.207. The van der Waals surface area contributed by atoms with Gasteiger partial charge in [0, 0.05) is 0 Å². The van der Waals surface area contributed by atoms with Crippen molar-refractivity contribution in [3.63, 3.8) is 0 Å². The second kappa shape index (κ2) is 7.72. The third-order valence-corrected chi connectivity index (χ3v) is 3.10. The zero-order valence-electron chi connectivity index (χ0n) is 12.5. The van der Waals surface area contributed by atoms with E-state index in [4.69, 9.17) is 14.6 Å². The Hall–Kier alpha value is -2.70. The van der Waals surface area contributed by atoms with E-state index in [2.05, 4.69) is 0 Å². The summed E-state index contributed by atoms with van der Waals surface area (Å²) in [7, 11) is 0. The van der Waals surface area contributed by atoms with E-state index in [-0.39, 0.29) is 19.6 Å². The van der Waals surface area contributed by atoms with Crippen molar-refractivity contribution in [1.29, 1.82) is 0 Å². The molecule has 0 aliphatic carbocycles. The van der Waals surface area contributed by atoms with E-state index in [0.717, 1.165) is 12.1 Å². The van der Waals surface area contributed by atoms with Crippen LogP contribution >= 0.6 is 0 Å². The fourth-order valence-electron chi connectivity index (χ4n) is 1.84. The molecule has 1 N–H and O–H groups in total. The van der Waals surface area contributed by atoms with Gasteiger partial charge in [-0.2, -0.15) is 13.2 Å². The van der Waals surface area contributed by atoms with Crippen LogP contribution in [0.4, 0.5) is 13.2 Å². The molecule has 0 unspecified atom stereocenters. The molecule has 0 atom stereocenters. The third kappa shape index (κ3) is 5.49. The number of aliphatic carboxylic acids is 1. The monoisotopic (exact) mass is 340 g/mol. The first-order chi connectivity index (χ1) is 11.3. The molecule has 2 rings (SSSR count). The smallest absolute Gasteiger partial charge is 0.416 e. The first kappa shape index (κ1) is 17.7. The normalized spacial score (nSPS) is 11.1. The fraction of sp³-hybridized carbons (Fsp3) is 0.235. The van der Waals surface area contributed by atoms with E-state index >= 15 is 0 Å². The predicted molar refractivity (Wildman–Crippen MR) is 80.0 cm³/mol. The summed E-state index contributed by atoms with van der Waals surface area (Å²) >= 11 is 0. The number of carboxylic acids is 1. The van der Waals surface area contributed by atoms with Gasteiger partial charge < -0.3 is 14.6 Å². The molecule has 128 valence electrons. The molecular weight excluding hydrogens is 325 g/mol. The van der Waals surface area contributed by atoms with E-state index in [9.17, 15) is 18.0 Å². The number of carboxylic acid groups (broad SMARTS) is 1. The van der Waals surface area contributed by atoms with Crippen molar-refractivity contribution in [2.24, 2.45) is 0 Å². The Bertz CT molecular complexity index is 664. The number of benzene rings is 2. The molecule has 0 saturated heterocycles. The highest BCUT2D eigenvalue weighted by molar-refractivity contribution is 5.66. The summed E-state index contributed by atoms with van der Waals surface area (Å²) in [5, 5.41) is 8.51. The summed E-state index contributed by atoms with van der Waals surface area (Å²) in [5.74, 6) is 0.102. The number of hydrogen-bond acceptors (Lipinski definition) is 3.